The van der Waals surface area contributed by atoms with E-state index in [0.717, 1.165) is 5.69 Å². The SMILES string of the molecule is Cc1cccc(C(=O)N2CCCC(O)(COc3cccc(Cl)c3)CC2)n1. The van der Waals surface area contributed by atoms with Crippen LogP contribution in [0, 0.1) is 6.92 Å². The zero-order valence-electron chi connectivity index (χ0n) is 14.8. The summed E-state index contributed by atoms with van der Waals surface area (Å²) in [5, 5.41) is 11.5. The Balaban J connectivity index is 1.61. The van der Waals surface area contributed by atoms with Crippen LogP contribution in [0.3, 0.4) is 0 Å². The molecule has 1 aromatic heterocycles. The third-order valence-corrected chi connectivity index (χ3v) is 4.85. The Morgan fingerprint density at radius 3 is 2.85 bits per heavy atom. The van der Waals surface area contributed by atoms with Gasteiger partial charge in [0.15, 0.2) is 0 Å². The summed E-state index contributed by atoms with van der Waals surface area (Å²) in [7, 11) is 0. The van der Waals surface area contributed by atoms with E-state index in [-0.39, 0.29) is 12.5 Å². The van der Waals surface area contributed by atoms with Gasteiger partial charge in [-0.15, -0.1) is 0 Å². The molecule has 1 aromatic carbocycles. The first-order valence-electron chi connectivity index (χ1n) is 8.79. The average molecular weight is 375 g/mol. The Labute approximate surface area is 158 Å². The summed E-state index contributed by atoms with van der Waals surface area (Å²) in [5.41, 5.74) is 0.305. The van der Waals surface area contributed by atoms with Crippen LogP contribution >= 0.6 is 11.6 Å². The van der Waals surface area contributed by atoms with Gasteiger partial charge in [0.25, 0.3) is 5.91 Å². The number of carbonyl (C=O) groups excluding carboxylic acids is 1. The molecule has 0 saturated carbocycles. The summed E-state index contributed by atoms with van der Waals surface area (Å²) < 4.78 is 5.73. The quantitative estimate of drug-likeness (QED) is 0.889. The van der Waals surface area contributed by atoms with Crippen molar-refractivity contribution in [2.45, 2.75) is 31.8 Å². The maximum Gasteiger partial charge on any atom is 0.272 e. The molecule has 1 N–H and O–H groups in total. The van der Waals surface area contributed by atoms with E-state index >= 15 is 0 Å². The molecule has 2 aromatic rings. The highest BCUT2D eigenvalue weighted by Gasteiger charge is 2.33. The second-order valence-corrected chi connectivity index (χ2v) is 7.22. The molecule has 0 spiro atoms. The monoisotopic (exact) mass is 374 g/mol. The number of carbonyl (C=O) groups is 1. The van der Waals surface area contributed by atoms with Crippen LogP contribution < -0.4 is 4.74 Å². The van der Waals surface area contributed by atoms with Crippen LogP contribution in [0.25, 0.3) is 0 Å². The lowest BCUT2D eigenvalue weighted by Crippen LogP contribution is -2.38. The molecule has 1 atom stereocenters. The predicted octanol–water partition coefficient (Wildman–Crippen LogP) is 3.48. The molecule has 138 valence electrons. The van der Waals surface area contributed by atoms with Gasteiger partial charge < -0.3 is 14.7 Å². The Morgan fingerprint density at radius 2 is 2.08 bits per heavy atom. The summed E-state index contributed by atoms with van der Waals surface area (Å²) in [4.78, 5) is 18.7. The number of benzene rings is 1. The third-order valence-electron chi connectivity index (χ3n) is 4.62. The minimum Gasteiger partial charge on any atom is -0.491 e. The maximum atomic E-state index is 12.7. The van der Waals surface area contributed by atoms with E-state index in [1.165, 1.54) is 0 Å². The number of ether oxygens (including phenoxy) is 1. The van der Waals surface area contributed by atoms with E-state index in [0.29, 0.717) is 48.8 Å². The number of rotatable bonds is 4. The van der Waals surface area contributed by atoms with E-state index in [9.17, 15) is 9.90 Å². The Morgan fingerprint density at radius 1 is 1.27 bits per heavy atom. The number of likely N-dealkylation sites (tertiary alicyclic amines) is 1. The molecule has 1 aliphatic heterocycles. The zero-order chi connectivity index (χ0) is 18.6. The fourth-order valence-electron chi connectivity index (χ4n) is 3.12. The number of nitrogens with zero attached hydrogens (tertiary/aromatic N) is 2. The summed E-state index contributed by atoms with van der Waals surface area (Å²) in [6.45, 7) is 3.13. The van der Waals surface area contributed by atoms with Gasteiger partial charge in [0.2, 0.25) is 0 Å². The molecule has 1 aliphatic rings. The number of amides is 1. The normalized spacial score (nSPS) is 20.5. The van der Waals surface area contributed by atoms with Gasteiger partial charge in [-0.2, -0.15) is 0 Å². The van der Waals surface area contributed by atoms with Gasteiger partial charge in [0.1, 0.15) is 23.7 Å². The highest BCUT2D eigenvalue weighted by Crippen LogP contribution is 2.25. The fourth-order valence-corrected chi connectivity index (χ4v) is 3.31. The molecular formula is C20H23ClN2O3. The van der Waals surface area contributed by atoms with Crippen LogP contribution in [-0.2, 0) is 0 Å². The highest BCUT2D eigenvalue weighted by molar-refractivity contribution is 6.30. The number of hydrogen-bond donors (Lipinski definition) is 1. The maximum absolute atomic E-state index is 12.7. The zero-order valence-corrected chi connectivity index (χ0v) is 15.6. The van der Waals surface area contributed by atoms with Gasteiger partial charge >= 0.3 is 0 Å². The van der Waals surface area contributed by atoms with Crippen molar-refractivity contribution in [3.63, 3.8) is 0 Å². The third kappa shape index (κ3) is 4.74. The molecule has 5 nitrogen and oxygen atoms in total. The summed E-state index contributed by atoms with van der Waals surface area (Å²) >= 11 is 5.96. The van der Waals surface area contributed by atoms with Gasteiger partial charge in [-0.1, -0.05) is 23.7 Å². The molecule has 1 saturated heterocycles. The first kappa shape index (κ1) is 18.7. The molecule has 3 rings (SSSR count). The van der Waals surface area contributed by atoms with Gasteiger partial charge in [-0.05, 0) is 56.5 Å². The molecule has 1 unspecified atom stereocenters. The first-order valence-corrected chi connectivity index (χ1v) is 9.17. The second-order valence-electron chi connectivity index (χ2n) is 6.78. The first-order chi connectivity index (χ1) is 12.5. The van der Waals surface area contributed by atoms with Crippen molar-refractivity contribution in [3.05, 3.63) is 58.9 Å². The van der Waals surface area contributed by atoms with Gasteiger partial charge in [-0.25, -0.2) is 4.98 Å². The number of halogens is 1. The Hall–Kier alpha value is -2.11. The number of aliphatic hydroxyl groups is 1. The molecule has 1 fully saturated rings. The number of aromatic nitrogens is 1. The van der Waals surface area contributed by atoms with E-state index in [4.69, 9.17) is 16.3 Å². The molecule has 1 amide bonds. The topological polar surface area (TPSA) is 62.7 Å². The standard InChI is InChI=1S/C20H23ClN2O3/c1-15-5-2-8-18(22-15)19(24)23-11-4-9-20(25,10-12-23)14-26-17-7-3-6-16(21)13-17/h2-3,5-8,13,25H,4,9-12,14H2,1H3. The molecule has 2 heterocycles. The van der Waals surface area contributed by atoms with Crippen molar-refractivity contribution in [2.24, 2.45) is 0 Å². The fraction of sp³-hybridized carbons (Fsp3) is 0.400. The largest absolute Gasteiger partial charge is 0.491 e. The molecule has 0 radical (unpaired) electrons. The summed E-state index contributed by atoms with van der Waals surface area (Å²) in [6, 6.07) is 12.6. The van der Waals surface area contributed by atoms with Gasteiger partial charge in [0, 0.05) is 23.8 Å². The number of pyridine rings is 1. The Bertz CT molecular complexity index is 783. The van der Waals surface area contributed by atoms with Crippen LogP contribution in [-0.4, -0.2) is 46.2 Å². The van der Waals surface area contributed by atoms with Crippen molar-refractivity contribution in [3.8, 4) is 5.75 Å². The van der Waals surface area contributed by atoms with E-state index in [1.807, 2.05) is 31.2 Å². The van der Waals surface area contributed by atoms with Crippen molar-refractivity contribution in [1.29, 1.82) is 0 Å². The smallest absolute Gasteiger partial charge is 0.272 e. The second kappa shape index (κ2) is 8.06. The van der Waals surface area contributed by atoms with E-state index in [2.05, 4.69) is 4.98 Å². The molecule has 6 heteroatoms. The van der Waals surface area contributed by atoms with E-state index in [1.54, 1.807) is 23.1 Å². The lowest BCUT2D eigenvalue weighted by Gasteiger charge is -2.27. The van der Waals surface area contributed by atoms with Crippen molar-refractivity contribution in [2.75, 3.05) is 19.7 Å². The molecular weight excluding hydrogens is 352 g/mol. The number of hydrogen-bond acceptors (Lipinski definition) is 4. The summed E-state index contributed by atoms with van der Waals surface area (Å²) in [5.74, 6) is 0.542. The molecule has 26 heavy (non-hydrogen) atoms. The van der Waals surface area contributed by atoms with Crippen LogP contribution in [0.15, 0.2) is 42.5 Å². The van der Waals surface area contributed by atoms with Crippen molar-refractivity contribution in [1.82, 2.24) is 9.88 Å². The minimum absolute atomic E-state index is 0.0892. The summed E-state index contributed by atoms with van der Waals surface area (Å²) in [6.07, 6.45) is 1.76. The molecule has 0 aliphatic carbocycles. The highest BCUT2D eigenvalue weighted by atomic mass is 35.5. The molecule has 0 bridgehead atoms. The van der Waals surface area contributed by atoms with Crippen molar-refractivity contribution < 1.29 is 14.6 Å². The van der Waals surface area contributed by atoms with Crippen LogP contribution in [0.4, 0.5) is 0 Å². The lowest BCUT2D eigenvalue weighted by atomic mass is 9.96. The predicted molar refractivity (Wildman–Crippen MR) is 101 cm³/mol. The van der Waals surface area contributed by atoms with E-state index < -0.39 is 5.60 Å². The van der Waals surface area contributed by atoms with Crippen LogP contribution in [0.1, 0.15) is 35.4 Å². The van der Waals surface area contributed by atoms with Crippen LogP contribution in [0.2, 0.25) is 5.02 Å². The number of aryl methyl sites for hydroxylation is 1. The minimum atomic E-state index is -0.961. The Kier molecular flexibility index (Phi) is 5.79. The average Bonchev–Trinajstić information content (AvgIpc) is 2.82. The van der Waals surface area contributed by atoms with Crippen molar-refractivity contribution >= 4 is 17.5 Å². The van der Waals surface area contributed by atoms with Gasteiger partial charge in [-0.3, -0.25) is 4.79 Å². The van der Waals surface area contributed by atoms with Gasteiger partial charge in [0.05, 0.1) is 0 Å². The van der Waals surface area contributed by atoms with Crippen LogP contribution in [0.5, 0.6) is 5.75 Å². The lowest BCUT2D eigenvalue weighted by molar-refractivity contribution is -0.0163.